The molecule has 5 heavy (non-hydrogen) atoms. The van der Waals surface area contributed by atoms with Gasteiger partial charge in [0.1, 0.15) is 0 Å². The molecule has 0 amide bonds. The molecule has 0 unspecified atom stereocenters. The summed E-state index contributed by atoms with van der Waals surface area (Å²) >= 11 is 0. The molecule has 0 bridgehead atoms. The minimum Gasteiger partial charge on any atom is -0.412 e. The predicted molar refractivity (Wildman–Crippen MR) is 20.9 cm³/mol. The lowest BCUT2D eigenvalue weighted by atomic mass is 14.0. The predicted octanol–water partition coefficient (Wildman–Crippen LogP) is -2.15. The summed E-state index contributed by atoms with van der Waals surface area (Å²) in [5, 5.41) is 0. The van der Waals surface area contributed by atoms with E-state index in [4.69, 9.17) is 0 Å². The molecule has 0 aromatic carbocycles. The minimum absolute atomic E-state index is 0. The highest BCUT2D eigenvalue weighted by Crippen LogP contribution is -0.287. The smallest absolute Gasteiger partial charge is 0.344 e. The van der Waals surface area contributed by atoms with Crippen molar-refractivity contribution in [3.05, 3.63) is 0 Å². The number of hydrogen-bond donors (Lipinski definition) is 2. The zero-order valence-electron chi connectivity index (χ0n) is 2.91. The summed E-state index contributed by atoms with van der Waals surface area (Å²) in [4.78, 5) is 0. The van der Waals surface area contributed by atoms with Crippen molar-refractivity contribution < 1.29 is 16.4 Å². The Morgan fingerprint density at radius 2 is 0.400 bits per heavy atom. The molecular formula is H12N2O3. The van der Waals surface area contributed by atoms with Gasteiger partial charge in [-0.2, -0.15) is 0 Å². The van der Waals surface area contributed by atoms with Crippen molar-refractivity contribution in [3.63, 3.8) is 0 Å². The Morgan fingerprint density at radius 1 is 0.400 bits per heavy atom. The van der Waals surface area contributed by atoms with E-state index in [-0.39, 0.29) is 28.7 Å². The lowest BCUT2D eigenvalue weighted by Gasteiger charge is -0.413. The summed E-state index contributed by atoms with van der Waals surface area (Å²) in [5.74, 6) is 0. The first kappa shape index (κ1) is 1730. The Labute approximate surface area is 30.1 Å². The van der Waals surface area contributed by atoms with Crippen LogP contribution in [0.5, 0.6) is 0 Å². The molecule has 0 aliphatic rings. The van der Waals surface area contributed by atoms with Gasteiger partial charge in [-0.05, 0) is 0 Å². The highest BCUT2D eigenvalue weighted by molar-refractivity contribution is 2.14. The van der Waals surface area contributed by atoms with E-state index in [1.807, 2.05) is 0 Å². The van der Waals surface area contributed by atoms with Crippen LogP contribution in [0, 0.1) is 0 Å². The largest absolute Gasteiger partial charge is 0.412 e. The first-order chi connectivity index (χ1) is 0. The summed E-state index contributed by atoms with van der Waals surface area (Å²) < 4.78 is 0. The highest BCUT2D eigenvalue weighted by Gasteiger charge is -0.343. The van der Waals surface area contributed by atoms with Crippen LogP contribution in [0.3, 0.4) is 0 Å². The molecule has 0 spiro atoms. The van der Waals surface area contributed by atoms with Crippen LogP contribution in [0.2, 0.25) is 0 Å². The molecule has 0 aromatic rings. The van der Waals surface area contributed by atoms with Gasteiger partial charge >= 0.3 is 0 Å². The molecule has 40 valence electrons. The Bertz CT molecular complexity index is 4.85. The van der Waals surface area contributed by atoms with Crippen molar-refractivity contribution in [1.82, 2.24) is 12.3 Å². The van der Waals surface area contributed by atoms with Crippen molar-refractivity contribution in [3.8, 4) is 0 Å². The molecule has 0 saturated heterocycles. The van der Waals surface area contributed by atoms with E-state index in [9.17, 15) is 0 Å². The van der Waals surface area contributed by atoms with Gasteiger partial charge in [0.2, 0.25) is 0 Å². The van der Waals surface area contributed by atoms with E-state index in [2.05, 4.69) is 0 Å². The van der Waals surface area contributed by atoms with Crippen molar-refractivity contribution in [2.24, 2.45) is 0 Å². The van der Waals surface area contributed by atoms with Gasteiger partial charge in [-0.15, -0.1) is 0 Å². The molecule has 0 aliphatic carbocycles. The van der Waals surface area contributed by atoms with Crippen molar-refractivity contribution in [2.75, 3.05) is 0 Å². The van der Waals surface area contributed by atoms with Gasteiger partial charge in [0, 0.05) is 0 Å². The van der Waals surface area contributed by atoms with Gasteiger partial charge in [-0.25, -0.2) is 0 Å². The summed E-state index contributed by atoms with van der Waals surface area (Å²) in [5.41, 5.74) is 0. The van der Waals surface area contributed by atoms with Crippen LogP contribution in [-0.2, 0) is 0 Å². The van der Waals surface area contributed by atoms with Gasteiger partial charge in [-0.3, -0.25) is 0 Å². The van der Waals surface area contributed by atoms with Gasteiger partial charge in [0.15, 0.2) is 0 Å². The maximum absolute atomic E-state index is 0. The van der Waals surface area contributed by atoms with Crippen LogP contribution in [-0.4, -0.2) is 16.4 Å². The summed E-state index contributed by atoms with van der Waals surface area (Å²) in [7, 11) is 0. The Hall–Kier alpha value is -0.200. The van der Waals surface area contributed by atoms with Gasteiger partial charge in [0.25, 0.3) is 0 Å². The molecule has 0 aliphatic heterocycles. The molecule has 5 heteroatoms. The fraction of sp³-hybridized carbons (Fsp3) is 0. The van der Waals surface area contributed by atoms with E-state index in [1.54, 1.807) is 0 Å². The topological polar surface area (TPSA) is 164 Å². The Morgan fingerprint density at radius 3 is 0.400 bits per heavy atom. The lowest BCUT2D eigenvalue weighted by molar-refractivity contribution is 0.823. The molecule has 0 atom stereocenters. The third-order valence-corrected chi connectivity index (χ3v) is 0. The standard InChI is InChI=1S/2H3N.3H2O/h2*1H3;3*1H2. The maximum Gasteiger partial charge on any atom is -0.344 e. The fourth-order valence-electron chi connectivity index (χ4n) is 0. The van der Waals surface area contributed by atoms with Crippen molar-refractivity contribution in [2.45, 2.75) is 0 Å². The molecule has 0 heterocycles. The van der Waals surface area contributed by atoms with Crippen LogP contribution in [0.25, 0.3) is 0 Å². The lowest BCUT2D eigenvalue weighted by Crippen LogP contribution is -0.482. The number of hydrogen-bond acceptors (Lipinski definition) is 2. The molecule has 12 N–H and O–H groups in total. The van der Waals surface area contributed by atoms with Crippen LogP contribution >= 0.6 is 0 Å². The second-order valence-corrected chi connectivity index (χ2v) is 0. The molecular weight excluding hydrogens is 76.0 g/mol. The zero-order valence-corrected chi connectivity index (χ0v) is 2.91. The quantitative estimate of drug-likeness (QED) is 0.345. The number of rotatable bonds is 0. The first-order valence-electron chi connectivity index (χ1n) is 0. The van der Waals surface area contributed by atoms with Crippen molar-refractivity contribution >= 4 is 0 Å². The van der Waals surface area contributed by atoms with Gasteiger partial charge in [0.05, 0.1) is 0 Å². The monoisotopic (exact) mass is 88.1 g/mol. The van der Waals surface area contributed by atoms with E-state index in [1.165, 1.54) is 0 Å². The normalized spacial score (nSPS) is 0. The van der Waals surface area contributed by atoms with Crippen LogP contribution in [0.15, 0.2) is 0 Å². The average molecular weight is 88.1 g/mol. The summed E-state index contributed by atoms with van der Waals surface area (Å²) in [6.45, 7) is 0. The maximum atomic E-state index is 0. The second-order valence-electron chi connectivity index (χ2n) is 0. The second kappa shape index (κ2) is 745. The van der Waals surface area contributed by atoms with Gasteiger partial charge in [-0.1, -0.05) is 0 Å². The average Bonchev–Trinajstić information content (AvgIpc) is 0. The van der Waals surface area contributed by atoms with E-state index >= 15 is 0 Å². The summed E-state index contributed by atoms with van der Waals surface area (Å²) in [6, 6.07) is 0. The van der Waals surface area contributed by atoms with Gasteiger partial charge < -0.3 is 28.7 Å². The molecule has 0 saturated carbocycles. The Balaban J connectivity index is 0. The highest BCUT2D eigenvalue weighted by atomic mass is 16.0. The van der Waals surface area contributed by atoms with Crippen LogP contribution in [0.4, 0.5) is 0 Å². The third-order valence-electron chi connectivity index (χ3n) is 0. The van der Waals surface area contributed by atoms with E-state index < -0.39 is 0 Å². The SMILES string of the molecule is N.N.O.O.O. The van der Waals surface area contributed by atoms with Crippen LogP contribution in [0.1, 0.15) is 0 Å². The third kappa shape index (κ3) is 308. The molecule has 5 nitrogen and oxygen atoms in total. The fourth-order valence-corrected chi connectivity index (χ4v) is 0. The molecule has 0 aromatic heterocycles. The summed E-state index contributed by atoms with van der Waals surface area (Å²) in [6.07, 6.45) is 0. The van der Waals surface area contributed by atoms with Crippen LogP contribution < -0.4 is 12.3 Å². The van der Waals surface area contributed by atoms with Crippen molar-refractivity contribution in [1.29, 1.82) is 0 Å². The van der Waals surface area contributed by atoms with E-state index in [0.29, 0.717) is 0 Å². The minimum atomic E-state index is 0. The Kier molecular flexibility index (Phi) is 258000. The molecule has 0 radical (unpaired) electrons. The first-order valence-corrected chi connectivity index (χ1v) is 0. The molecule has 0 fully saturated rings. The van der Waals surface area contributed by atoms with E-state index in [0.717, 1.165) is 0 Å². The molecule has 0 rings (SSSR count). The zero-order chi connectivity index (χ0) is 0.